The molecule has 1 amide bonds. The van der Waals surface area contributed by atoms with Crippen LogP contribution in [0.25, 0.3) is 0 Å². The zero-order chi connectivity index (χ0) is 15.4. The zero-order valence-corrected chi connectivity index (χ0v) is 12.8. The van der Waals surface area contributed by atoms with Crippen molar-refractivity contribution in [3.05, 3.63) is 33.2 Å². The van der Waals surface area contributed by atoms with Gasteiger partial charge in [0.1, 0.15) is 5.56 Å². The summed E-state index contributed by atoms with van der Waals surface area (Å²) in [6.07, 6.45) is 0.705. The van der Waals surface area contributed by atoms with Crippen molar-refractivity contribution in [2.75, 3.05) is 33.4 Å². The lowest BCUT2D eigenvalue weighted by Crippen LogP contribution is -2.47. The standard InChI is InChI=1S/C15H22N2O4/c1-10-8-13(18)14(11(2)16-10)15(19)17-5-7-21-12(9-17)4-6-20-3/h8,12H,4-7,9H2,1-3H3,(H,16,18). The summed E-state index contributed by atoms with van der Waals surface area (Å²) in [6, 6.07) is 1.46. The molecule has 6 heteroatoms. The average molecular weight is 294 g/mol. The summed E-state index contributed by atoms with van der Waals surface area (Å²) in [5.74, 6) is -0.223. The molecule has 1 saturated heterocycles. The van der Waals surface area contributed by atoms with Gasteiger partial charge in [0, 0.05) is 44.3 Å². The molecule has 0 spiro atoms. The van der Waals surface area contributed by atoms with E-state index in [0.29, 0.717) is 32.0 Å². The van der Waals surface area contributed by atoms with Gasteiger partial charge in [-0.25, -0.2) is 0 Å². The molecular formula is C15H22N2O4. The van der Waals surface area contributed by atoms with Crippen LogP contribution in [0.15, 0.2) is 10.9 Å². The minimum absolute atomic E-state index is 0.0347. The lowest BCUT2D eigenvalue weighted by atomic mass is 10.1. The van der Waals surface area contributed by atoms with Gasteiger partial charge < -0.3 is 19.4 Å². The molecule has 1 aromatic heterocycles. The molecule has 2 heterocycles. The summed E-state index contributed by atoms with van der Waals surface area (Å²) >= 11 is 0. The highest BCUT2D eigenvalue weighted by molar-refractivity contribution is 5.95. The normalized spacial score (nSPS) is 18.8. The Labute approximate surface area is 124 Å². The minimum Gasteiger partial charge on any atom is -0.385 e. The van der Waals surface area contributed by atoms with Gasteiger partial charge in [-0.05, 0) is 20.3 Å². The molecule has 2 rings (SSSR count). The molecule has 0 bridgehead atoms. The van der Waals surface area contributed by atoms with Gasteiger partial charge >= 0.3 is 0 Å². The maximum Gasteiger partial charge on any atom is 0.259 e. The number of aromatic amines is 1. The molecule has 0 saturated carbocycles. The number of ether oxygens (including phenoxy) is 2. The number of nitrogens with one attached hydrogen (secondary N) is 1. The van der Waals surface area contributed by atoms with E-state index in [9.17, 15) is 9.59 Å². The highest BCUT2D eigenvalue weighted by Gasteiger charge is 2.27. The number of hydrogen-bond donors (Lipinski definition) is 1. The van der Waals surface area contributed by atoms with Crippen LogP contribution >= 0.6 is 0 Å². The second-order valence-electron chi connectivity index (χ2n) is 5.34. The van der Waals surface area contributed by atoms with Crippen LogP contribution in [0.4, 0.5) is 0 Å². The molecular weight excluding hydrogens is 272 g/mol. The highest BCUT2D eigenvalue weighted by atomic mass is 16.5. The first-order valence-electron chi connectivity index (χ1n) is 7.13. The first kappa shape index (κ1) is 15.7. The van der Waals surface area contributed by atoms with Crippen molar-refractivity contribution >= 4 is 5.91 Å². The Bertz CT molecular complexity index is 567. The number of amides is 1. The number of aryl methyl sites for hydroxylation is 2. The molecule has 1 N–H and O–H groups in total. The molecule has 0 aliphatic carbocycles. The second-order valence-corrected chi connectivity index (χ2v) is 5.34. The maximum absolute atomic E-state index is 12.6. The smallest absolute Gasteiger partial charge is 0.259 e. The second kappa shape index (κ2) is 6.87. The molecule has 1 aliphatic rings. The topological polar surface area (TPSA) is 71.6 Å². The van der Waals surface area contributed by atoms with Crippen molar-refractivity contribution in [2.45, 2.75) is 26.4 Å². The Morgan fingerprint density at radius 2 is 2.29 bits per heavy atom. The lowest BCUT2D eigenvalue weighted by Gasteiger charge is -2.33. The SMILES string of the molecule is COCCC1CN(C(=O)c2c(C)[nH]c(C)cc2=O)CCO1. The van der Waals surface area contributed by atoms with Crippen LogP contribution in [-0.2, 0) is 9.47 Å². The molecule has 1 fully saturated rings. The van der Waals surface area contributed by atoms with E-state index >= 15 is 0 Å². The van der Waals surface area contributed by atoms with Crippen LogP contribution in [0, 0.1) is 13.8 Å². The Morgan fingerprint density at radius 1 is 1.52 bits per heavy atom. The first-order chi connectivity index (χ1) is 10.0. The van der Waals surface area contributed by atoms with Crippen molar-refractivity contribution in [1.29, 1.82) is 0 Å². The largest absolute Gasteiger partial charge is 0.385 e. The van der Waals surface area contributed by atoms with Crippen molar-refractivity contribution in [1.82, 2.24) is 9.88 Å². The molecule has 6 nitrogen and oxygen atoms in total. The Kier molecular flexibility index (Phi) is 5.14. The summed E-state index contributed by atoms with van der Waals surface area (Å²) in [7, 11) is 1.64. The lowest BCUT2D eigenvalue weighted by molar-refractivity contribution is -0.0333. The first-order valence-corrected chi connectivity index (χ1v) is 7.13. The van der Waals surface area contributed by atoms with E-state index in [1.54, 1.807) is 25.9 Å². The molecule has 1 aliphatic heterocycles. The van der Waals surface area contributed by atoms with E-state index in [1.807, 2.05) is 0 Å². The van der Waals surface area contributed by atoms with E-state index in [2.05, 4.69) is 4.98 Å². The minimum atomic E-state index is -0.228. The fourth-order valence-electron chi connectivity index (χ4n) is 2.60. The van der Waals surface area contributed by atoms with E-state index in [1.165, 1.54) is 6.07 Å². The summed E-state index contributed by atoms with van der Waals surface area (Å²) in [4.78, 5) is 29.4. The van der Waals surface area contributed by atoms with Crippen molar-refractivity contribution in [2.24, 2.45) is 0 Å². The fourth-order valence-corrected chi connectivity index (χ4v) is 2.60. The fraction of sp³-hybridized carbons (Fsp3) is 0.600. The predicted molar refractivity (Wildman–Crippen MR) is 78.7 cm³/mol. The summed E-state index contributed by atoms with van der Waals surface area (Å²) < 4.78 is 10.7. The molecule has 116 valence electrons. The van der Waals surface area contributed by atoms with Crippen LogP contribution in [0.3, 0.4) is 0 Å². The van der Waals surface area contributed by atoms with E-state index in [0.717, 1.165) is 12.1 Å². The van der Waals surface area contributed by atoms with Gasteiger partial charge in [0.2, 0.25) is 0 Å². The third kappa shape index (κ3) is 3.71. The number of aromatic nitrogens is 1. The van der Waals surface area contributed by atoms with Crippen molar-refractivity contribution < 1.29 is 14.3 Å². The molecule has 1 atom stereocenters. The molecule has 1 unspecified atom stereocenters. The van der Waals surface area contributed by atoms with Gasteiger partial charge in [-0.15, -0.1) is 0 Å². The Hall–Kier alpha value is -1.66. The summed E-state index contributed by atoms with van der Waals surface area (Å²) in [6.45, 7) is 5.65. The Balaban J connectivity index is 2.14. The maximum atomic E-state index is 12.6. The molecule has 21 heavy (non-hydrogen) atoms. The van der Waals surface area contributed by atoms with Crippen molar-refractivity contribution in [3.63, 3.8) is 0 Å². The number of pyridine rings is 1. The van der Waals surface area contributed by atoms with Crippen LogP contribution < -0.4 is 5.43 Å². The third-order valence-electron chi connectivity index (χ3n) is 3.64. The van der Waals surface area contributed by atoms with Crippen molar-refractivity contribution in [3.8, 4) is 0 Å². The third-order valence-corrected chi connectivity index (χ3v) is 3.64. The Morgan fingerprint density at radius 3 is 2.95 bits per heavy atom. The van der Waals surface area contributed by atoms with Crippen LogP contribution in [0.5, 0.6) is 0 Å². The quantitative estimate of drug-likeness (QED) is 0.894. The number of nitrogens with zero attached hydrogens (tertiary/aromatic N) is 1. The number of rotatable bonds is 4. The number of H-pyrrole nitrogens is 1. The van der Waals surface area contributed by atoms with Gasteiger partial charge in [0.15, 0.2) is 5.43 Å². The highest BCUT2D eigenvalue weighted by Crippen LogP contribution is 2.13. The van der Waals surface area contributed by atoms with E-state index < -0.39 is 0 Å². The number of morpholine rings is 1. The zero-order valence-electron chi connectivity index (χ0n) is 12.8. The van der Waals surface area contributed by atoms with Crippen LogP contribution in [0.2, 0.25) is 0 Å². The van der Waals surface area contributed by atoms with Gasteiger partial charge in [-0.3, -0.25) is 9.59 Å². The molecule has 0 radical (unpaired) electrons. The van der Waals surface area contributed by atoms with Gasteiger partial charge in [-0.2, -0.15) is 0 Å². The van der Waals surface area contributed by atoms with Crippen LogP contribution in [-0.4, -0.2) is 55.3 Å². The monoisotopic (exact) mass is 294 g/mol. The number of hydrogen-bond acceptors (Lipinski definition) is 4. The average Bonchev–Trinajstić information content (AvgIpc) is 2.44. The van der Waals surface area contributed by atoms with E-state index in [4.69, 9.17) is 9.47 Å². The number of methoxy groups -OCH3 is 1. The summed E-state index contributed by atoms with van der Waals surface area (Å²) in [5.41, 5.74) is 1.38. The number of carbonyl (C=O) groups is 1. The van der Waals surface area contributed by atoms with E-state index in [-0.39, 0.29) is 23.0 Å². The molecule has 0 aromatic carbocycles. The van der Waals surface area contributed by atoms with Gasteiger partial charge in [0.25, 0.3) is 5.91 Å². The molecule has 1 aromatic rings. The van der Waals surface area contributed by atoms with Gasteiger partial charge in [0.05, 0.1) is 12.7 Å². The predicted octanol–water partition coefficient (Wildman–Crippen LogP) is 0.869. The van der Waals surface area contributed by atoms with Gasteiger partial charge in [-0.1, -0.05) is 0 Å². The number of carbonyl (C=O) groups excluding carboxylic acids is 1. The summed E-state index contributed by atoms with van der Waals surface area (Å²) in [5, 5.41) is 0. The van der Waals surface area contributed by atoms with Crippen LogP contribution in [0.1, 0.15) is 28.2 Å².